The summed E-state index contributed by atoms with van der Waals surface area (Å²) in [5.41, 5.74) is 3.37. The maximum atomic E-state index is 13.4. The molecular weight excluding hydrogens is 291 g/mol. The number of halogens is 1. The van der Waals surface area contributed by atoms with E-state index in [1.54, 1.807) is 13.0 Å². The largest absolute Gasteiger partial charge is 0.365 e. The Bertz CT molecular complexity index is 701. The van der Waals surface area contributed by atoms with Crippen LogP contribution in [0.15, 0.2) is 24.3 Å². The van der Waals surface area contributed by atoms with E-state index in [0.717, 1.165) is 42.1 Å². The van der Waals surface area contributed by atoms with Crippen LogP contribution in [0.25, 0.3) is 11.3 Å². The van der Waals surface area contributed by atoms with Crippen LogP contribution in [-0.2, 0) is 0 Å². The van der Waals surface area contributed by atoms with Crippen molar-refractivity contribution >= 4 is 5.82 Å². The molecule has 1 atom stereocenters. The lowest BCUT2D eigenvalue weighted by molar-refractivity contribution is 0.260. The van der Waals surface area contributed by atoms with E-state index < -0.39 is 0 Å². The first-order valence-electron chi connectivity index (χ1n) is 8.09. The molecule has 2 aromatic rings. The number of piperidine rings is 1. The smallest absolute Gasteiger partial charge is 0.149 e. The molecule has 0 bridgehead atoms. The van der Waals surface area contributed by atoms with Crippen LogP contribution >= 0.6 is 0 Å². The van der Waals surface area contributed by atoms with Gasteiger partial charge in [-0.15, -0.1) is 10.2 Å². The van der Waals surface area contributed by atoms with E-state index in [-0.39, 0.29) is 5.82 Å². The van der Waals surface area contributed by atoms with Gasteiger partial charge in [0.2, 0.25) is 0 Å². The van der Waals surface area contributed by atoms with Crippen molar-refractivity contribution in [3.05, 3.63) is 41.2 Å². The minimum atomic E-state index is -0.195. The van der Waals surface area contributed by atoms with E-state index >= 15 is 0 Å². The SMILES string of the molecule is Cc1cc(-c2nnc(N[C@@H]3CCCN(C)C3)cc2C)ccc1F. The van der Waals surface area contributed by atoms with Crippen LogP contribution in [0.5, 0.6) is 0 Å². The third kappa shape index (κ3) is 3.67. The molecule has 2 heterocycles. The Balaban J connectivity index is 1.78. The van der Waals surface area contributed by atoms with Gasteiger partial charge in [-0.2, -0.15) is 0 Å². The molecule has 1 fully saturated rings. The topological polar surface area (TPSA) is 41.1 Å². The molecule has 0 amide bonds. The van der Waals surface area contributed by atoms with Gasteiger partial charge in [0.15, 0.2) is 0 Å². The van der Waals surface area contributed by atoms with Crippen LogP contribution in [0.4, 0.5) is 10.2 Å². The minimum absolute atomic E-state index is 0.195. The summed E-state index contributed by atoms with van der Waals surface area (Å²) in [6.45, 7) is 5.96. The van der Waals surface area contributed by atoms with Gasteiger partial charge < -0.3 is 10.2 Å². The van der Waals surface area contributed by atoms with Gasteiger partial charge in [-0.25, -0.2) is 4.39 Å². The van der Waals surface area contributed by atoms with E-state index in [1.165, 1.54) is 12.5 Å². The molecule has 4 nitrogen and oxygen atoms in total. The highest BCUT2D eigenvalue weighted by molar-refractivity contribution is 5.64. The maximum Gasteiger partial charge on any atom is 0.149 e. The lowest BCUT2D eigenvalue weighted by Crippen LogP contribution is -2.39. The number of hydrogen-bond acceptors (Lipinski definition) is 4. The van der Waals surface area contributed by atoms with Crippen LogP contribution in [0, 0.1) is 19.7 Å². The van der Waals surface area contributed by atoms with Crippen LogP contribution in [0.1, 0.15) is 24.0 Å². The monoisotopic (exact) mass is 314 g/mol. The van der Waals surface area contributed by atoms with Crippen molar-refractivity contribution in [1.82, 2.24) is 15.1 Å². The zero-order valence-electron chi connectivity index (χ0n) is 13.9. The number of nitrogens with one attached hydrogen (secondary N) is 1. The number of nitrogens with zero attached hydrogens (tertiary/aromatic N) is 3. The van der Waals surface area contributed by atoms with E-state index in [9.17, 15) is 4.39 Å². The van der Waals surface area contributed by atoms with Crippen LogP contribution < -0.4 is 5.32 Å². The zero-order chi connectivity index (χ0) is 16.4. The summed E-state index contributed by atoms with van der Waals surface area (Å²) < 4.78 is 13.4. The number of aryl methyl sites for hydroxylation is 2. The van der Waals surface area contributed by atoms with Gasteiger partial charge in [-0.3, -0.25) is 0 Å². The molecule has 5 heteroatoms. The van der Waals surface area contributed by atoms with Gasteiger partial charge in [0, 0.05) is 18.2 Å². The van der Waals surface area contributed by atoms with Gasteiger partial charge >= 0.3 is 0 Å². The van der Waals surface area contributed by atoms with Crippen molar-refractivity contribution in [1.29, 1.82) is 0 Å². The second-order valence-corrected chi connectivity index (χ2v) is 6.47. The minimum Gasteiger partial charge on any atom is -0.365 e. The maximum absolute atomic E-state index is 13.4. The fourth-order valence-corrected chi connectivity index (χ4v) is 3.13. The molecule has 1 aliphatic heterocycles. The second-order valence-electron chi connectivity index (χ2n) is 6.47. The molecule has 1 aliphatic rings. The Hall–Kier alpha value is -2.01. The van der Waals surface area contributed by atoms with Crippen molar-refractivity contribution < 1.29 is 4.39 Å². The average molecular weight is 314 g/mol. The Morgan fingerprint density at radius 1 is 1.17 bits per heavy atom. The summed E-state index contributed by atoms with van der Waals surface area (Å²) in [6.07, 6.45) is 2.36. The summed E-state index contributed by atoms with van der Waals surface area (Å²) in [6, 6.07) is 7.49. The molecule has 23 heavy (non-hydrogen) atoms. The summed E-state index contributed by atoms with van der Waals surface area (Å²) in [7, 11) is 2.14. The number of benzene rings is 1. The zero-order valence-corrected chi connectivity index (χ0v) is 13.9. The quantitative estimate of drug-likeness (QED) is 0.942. The van der Waals surface area contributed by atoms with Crippen molar-refractivity contribution in [2.24, 2.45) is 0 Å². The van der Waals surface area contributed by atoms with E-state index in [1.807, 2.05) is 19.1 Å². The molecule has 3 rings (SSSR count). The van der Waals surface area contributed by atoms with Gasteiger partial charge in [0.05, 0.1) is 5.69 Å². The lowest BCUT2D eigenvalue weighted by atomic mass is 10.0. The Kier molecular flexibility index (Phi) is 4.57. The van der Waals surface area contributed by atoms with Crippen molar-refractivity contribution in [2.75, 3.05) is 25.5 Å². The summed E-state index contributed by atoms with van der Waals surface area (Å²) in [5, 5.41) is 12.1. The number of hydrogen-bond donors (Lipinski definition) is 1. The van der Waals surface area contributed by atoms with Gasteiger partial charge in [0.25, 0.3) is 0 Å². The van der Waals surface area contributed by atoms with Gasteiger partial charge in [-0.1, -0.05) is 0 Å². The van der Waals surface area contributed by atoms with Crippen molar-refractivity contribution in [3.8, 4) is 11.3 Å². The normalized spacial score (nSPS) is 18.9. The molecular formula is C18H23FN4. The molecule has 1 aromatic heterocycles. The van der Waals surface area contributed by atoms with Crippen LogP contribution in [-0.4, -0.2) is 41.3 Å². The van der Waals surface area contributed by atoms with E-state index in [4.69, 9.17) is 0 Å². The number of rotatable bonds is 3. The molecule has 1 N–H and O–H groups in total. The number of aromatic nitrogens is 2. The van der Waals surface area contributed by atoms with Gasteiger partial charge in [0.1, 0.15) is 11.6 Å². The van der Waals surface area contributed by atoms with E-state index in [0.29, 0.717) is 11.6 Å². The first-order chi connectivity index (χ1) is 11.0. The molecule has 0 radical (unpaired) electrons. The highest BCUT2D eigenvalue weighted by Gasteiger charge is 2.18. The summed E-state index contributed by atoms with van der Waals surface area (Å²) in [4.78, 5) is 2.33. The molecule has 0 unspecified atom stereocenters. The lowest BCUT2D eigenvalue weighted by Gasteiger charge is -2.30. The Labute approximate surface area is 136 Å². The third-order valence-electron chi connectivity index (χ3n) is 4.39. The summed E-state index contributed by atoms with van der Waals surface area (Å²) >= 11 is 0. The molecule has 1 aromatic carbocycles. The Morgan fingerprint density at radius 2 is 2.00 bits per heavy atom. The fraction of sp³-hybridized carbons (Fsp3) is 0.444. The standard InChI is InChI=1S/C18H23FN4/c1-12-9-14(6-7-16(12)19)18-13(2)10-17(21-22-18)20-15-5-4-8-23(3)11-15/h6-7,9-10,15H,4-5,8,11H2,1-3H3,(H,20,21)/t15-/m1/s1. The molecule has 122 valence electrons. The average Bonchev–Trinajstić information content (AvgIpc) is 2.50. The first-order valence-corrected chi connectivity index (χ1v) is 8.09. The Morgan fingerprint density at radius 3 is 2.70 bits per heavy atom. The molecule has 0 aliphatic carbocycles. The van der Waals surface area contributed by atoms with Crippen LogP contribution in [0.2, 0.25) is 0 Å². The first kappa shape index (κ1) is 15.9. The second kappa shape index (κ2) is 6.62. The van der Waals surface area contributed by atoms with Gasteiger partial charge in [-0.05, 0) is 75.7 Å². The van der Waals surface area contributed by atoms with Crippen molar-refractivity contribution in [2.45, 2.75) is 32.7 Å². The van der Waals surface area contributed by atoms with E-state index in [2.05, 4.69) is 27.5 Å². The fourth-order valence-electron chi connectivity index (χ4n) is 3.13. The number of likely N-dealkylation sites (tertiary alicyclic amines) is 1. The van der Waals surface area contributed by atoms with Crippen LogP contribution in [0.3, 0.4) is 0 Å². The number of anilines is 1. The number of likely N-dealkylation sites (N-methyl/N-ethyl adjacent to an activating group) is 1. The predicted molar refractivity (Wildman–Crippen MR) is 91.0 cm³/mol. The predicted octanol–water partition coefficient (Wildman–Crippen LogP) is 3.41. The molecule has 1 saturated heterocycles. The molecule has 0 saturated carbocycles. The third-order valence-corrected chi connectivity index (χ3v) is 4.39. The highest BCUT2D eigenvalue weighted by atomic mass is 19.1. The highest BCUT2D eigenvalue weighted by Crippen LogP contribution is 2.24. The summed E-state index contributed by atoms with van der Waals surface area (Å²) in [5.74, 6) is 0.615. The van der Waals surface area contributed by atoms with Crippen molar-refractivity contribution in [3.63, 3.8) is 0 Å². The molecule has 0 spiro atoms.